The van der Waals surface area contributed by atoms with E-state index >= 15 is 0 Å². The number of hydrogen-bond donors (Lipinski definition) is 1. The maximum Gasteiger partial charge on any atom is 0.179 e. The van der Waals surface area contributed by atoms with Crippen LogP contribution in [0.4, 0.5) is 5.82 Å². The zero-order valence-electron chi connectivity index (χ0n) is 19.4. The minimum atomic E-state index is 0.374. The van der Waals surface area contributed by atoms with Gasteiger partial charge in [0.1, 0.15) is 5.69 Å². The molecule has 3 heterocycles. The van der Waals surface area contributed by atoms with E-state index in [-0.39, 0.29) is 0 Å². The predicted octanol–water partition coefficient (Wildman–Crippen LogP) is 5.60. The van der Waals surface area contributed by atoms with E-state index in [1.165, 1.54) is 5.56 Å². The number of anilines is 1. The topological polar surface area (TPSA) is 77.2 Å². The van der Waals surface area contributed by atoms with Crippen LogP contribution in [0.2, 0.25) is 0 Å². The van der Waals surface area contributed by atoms with Crippen molar-refractivity contribution in [3.8, 4) is 28.4 Å². The van der Waals surface area contributed by atoms with Gasteiger partial charge in [0.2, 0.25) is 0 Å². The Kier molecular flexibility index (Phi) is 5.91. The Hall–Kier alpha value is -4.26. The molecule has 0 radical (unpaired) electrons. The zero-order valence-corrected chi connectivity index (χ0v) is 19.4. The Morgan fingerprint density at radius 3 is 2.47 bits per heavy atom. The Labute approximate surface area is 198 Å². The van der Waals surface area contributed by atoms with Crippen LogP contribution in [0.5, 0.6) is 5.75 Å². The third-order valence-electron chi connectivity index (χ3n) is 5.80. The average Bonchev–Trinajstić information content (AvgIpc) is 3.37. The van der Waals surface area contributed by atoms with Gasteiger partial charge in [-0.25, -0.2) is 15.0 Å². The number of fused-ring (bicyclic) bond motifs is 1. The van der Waals surface area contributed by atoms with E-state index in [0.29, 0.717) is 29.9 Å². The lowest BCUT2D eigenvalue weighted by Crippen LogP contribution is -2.06. The van der Waals surface area contributed by atoms with E-state index in [4.69, 9.17) is 9.72 Å². The first-order chi connectivity index (χ1) is 16.6. The van der Waals surface area contributed by atoms with Crippen molar-refractivity contribution in [3.05, 3.63) is 90.6 Å². The summed E-state index contributed by atoms with van der Waals surface area (Å²) in [4.78, 5) is 18.3. The molecule has 0 unspecified atom stereocenters. The summed E-state index contributed by atoms with van der Waals surface area (Å²) in [5.74, 6) is 2.33. The first-order valence-electron chi connectivity index (χ1n) is 11.2. The fraction of sp³-hybridized carbons (Fsp3) is 0.185. The van der Waals surface area contributed by atoms with Crippen LogP contribution in [0.1, 0.15) is 30.9 Å². The number of methoxy groups -OCH3 is 1. The van der Waals surface area contributed by atoms with Gasteiger partial charge in [-0.05, 0) is 17.0 Å². The molecule has 0 fully saturated rings. The lowest BCUT2D eigenvalue weighted by Gasteiger charge is -2.14. The third kappa shape index (κ3) is 4.20. The van der Waals surface area contributed by atoms with Crippen molar-refractivity contribution in [3.63, 3.8) is 0 Å². The van der Waals surface area contributed by atoms with Crippen LogP contribution < -0.4 is 10.1 Å². The largest absolute Gasteiger partial charge is 0.491 e. The van der Waals surface area contributed by atoms with Gasteiger partial charge in [0.15, 0.2) is 23.0 Å². The van der Waals surface area contributed by atoms with Gasteiger partial charge in [-0.3, -0.25) is 4.98 Å². The van der Waals surface area contributed by atoms with Gasteiger partial charge in [0.05, 0.1) is 13.3 Å². The normalized spacial score (nSPS) is 11.2. The van der Waals surface area contributed by atoms with Crippen molar-refractivity contribution < 1.29 is 4.74 Å². The van der Waals surface area contributed by atoms with Crippen molar-refractivity contribution in [2.24, 2.45) is 0 Å². The van der Waals surface area contributed by atoms with Gasteiger partial charge >= 0.3 is 0 Å². The number of hydrogen-bond acceptors (Lipinski definition) is 6. The molecular formula is C27H26N6O. The highest BCUT2D eigenvalue weighted by molar-refractivity contribution is 5.73. The van der Waals surface area contributed by atoms with Gasteiger partial charge in [-0.15, -0.1) is 0 Å². The second-order valence-electron chi connectivity index (χ2n) is 8.34. The number of aromatic nitrogens is 5. The van der Waals surface area contributed by atoms with Gasteiger partial charge in [0.25, 0.3) is 0 Å². The molecule has 0 aliphatic rings. The van der Waals surface area contributed by atoms with Crippen molar-refractivity contribution >= 4 is 11.5 Å². The second-order valence-corrected chi connectivity index (χ2v) is 8.34. The van der Waals surface area contributed by atoms with Crippen molar-refractivity contribution in [1.29, 1.82) is 0 Å². The van der Waals surface area contributed by atoms with Crippen LogP contribution >= 0.6 is 0 Å². The Bertz CT molecular complexity index is 1430. The first kappa shape index (κ1) is 21.6. The number of rotatable bonds is 7. The summed E-state index contributed by atoms with van der Waals surface area (Å²) < 4.78 is 7.47. The maximum atomic E-state index is 5.51. The number of ether oxygens (including phenoxy) is 1. The highest BCUT2D eigenvalue weighted by atomic mass is 16.5. The summed E-state index contributed by atoms with van der Waals surface area (Å²) in [6.07, 6.45) is 9.11. The molecule has 7 nitrogen and oxygen atoms in total. The van der Waals surface area contributed by atoms with Gasteiger partial charge in [-0.2, -0.15) is 0 Å². The van der Waals surface area contributed by atoms with Crippen LogP contribution in [0, 0.1) is 0 Å². The number of nitrogens with one attached hydrogen (secondary N) is 1. The molecule has 1 N–H and O–H groups in total. The third-order valence-corrected chi connectivity index (χ3v) is 5.80. The molecular weight excluding hydrogens is 424 g/mol. The summed E-state index contributed by atoms with van der Waals surface area (Å²) in [6.45, 7) is 4.95. The number of benzene rings is 2. The SMILES string of the molecule is COc1cnc(-c2ccccc2C(C)C)nc1NCc1ccc(-c2nccn3ccnc23)cc1. The summed E-state index contributed by atoms with van der Waals surface area (Å²) in [6, 6.07) is 16.6. The maximum absolute atomic E-state index is 5.51. The van der Waals surface area contributed by atoms with E-state index < -0.39 is 0 Å². The summed E-state index contributed by atoms with van der Waals surface area (Å²) in [5.41, 5.74) is 6.09. The van der Waals surface area contributed by atoms with Gasteiger partial charge < -0.3 is 14.5 Å². The molecule has 0 spiro atoms. The number of imidazole rings is 1. The molecule has 34 heavy (non-hydrogen) atoms. The zero-order chi connectivity index (χ0) is 23.5. The van der Waals surface area contributed by atoms with E-state index in [2.05, 4.69) is 70.5 Å². The highest BCUT2D eigenvalue weighted by Crippen LogP contribution is 2.30. The molecule has 0 saturated heterocycles. The molecule has 170 valence electrons. The monoisotopic (exact) mass is 450 g/mol. The standard InChI is InChI=1S/C27H26N6O/c1-18(2)21-6-4-5-7-22(21)25-31-17-23(34-3)26(32-25)30-16-19-8-10-20(11-9-19)24-27-29-13-15-33(27)14-12-28-24/h4-15,17-18H,16H2,1-3H3,(H,30,31,32). The van der Waals surface area contributed by atoms with E-state index in [0.717, 1.165) is 28.0 Å². The average molecular weight is 451 g/mol. The first-order valence-corrected chi connectivity index (χ1v) is 11.2. The van der Waals surface area contributed by atoms with Crippen molar-refractivity contribution in [2.75, 3.05) is 12.4 Å². The summed E-state index contributed by atoms with van der Waals surface area (Å²) >= 11 is 0. The Morgan fingerprint density at radius 1 is 0.941 bits per heavy atom. The molecule has 3 aromatic heterocycles. The van der Waals surface area contributed by atoms with Crippen LogP contribution in [0.25, 0.3) is 28.3 Å². The van der Waals surface area contributed by atoms with Gasteiger partial charge in [-0.1, -0.05) is 62.4 Å². The fourth-order valence-corrected chi connectivity index (χ4v) is 4.00. The molecule has 5 aromatic rings. The highest BCUT2D eigenvalue weighted by Gasteiger charge is 2.14. The summed E-state index contributed by atoms with van der Waals surface area (Å²) in [5, 5.41) is 3.42. The molecule has 0 atom stereocenters. The Morgan fingerprint density at radius 2 is 1.71 bits per heavy atom. The summed E-state index contributed by atoms with van der Waals surface area (Å²) in [7, 11) is 1.63. The van der Waals surface area contributed by atoms with E-state index in [1.54, 1.807) is 25.7 Å². The minimum Gasteiger partial charge on any atom is -0.491 e. The van der Waals surface area contributed by atoms with Crippen molar-refractivity contribution in [1.82, 2.24) is 24.3 Å². The number of nitrogens with zero attached hydrogens (tertiary/aromatic N) is 5. The van der Waals surface area contributed by atoms with Crippen LogP contribution in [0.15, 0.2) is 79.5 Å². The lowest BCUT2D eigenvalue weighted by atomic mass is 9.97. The molecule has 0 aliphatic carbocycles. The minimum absolute atomic E-state index is 0.374. The second kappa shape index (κ2) is 9.31. The quantitative estimate of drug-likeness (QED) is 0.348. The van der Waals surface area contributed by atoms with E-state index in [1.807, 2.05) is 28.9 Å². The van der Waals surface area contributed by atoms with Gasteiger partial charge in [0, 0.05) is 42.5 Å². The smallest absolute Gasteiger partial charge is 0.179 e. The van der Waals surface area contributed by atoms with Crippen molar-refractivity contribution in [2.45, 2.75) is 26.3 Å². The molecule has 0 amide bonds. The molecule has 0 aliphatic heterocycles. The molecule has 0 bridgehead atoms. The fourth-order valence-electron chi connectivity index (χ4n) is 4.00. The van der Waals surface area contributed by atoms with Crippen LogP contribution in [-0.4, -0.2) is 31.4 Å². The molecule has 0 saturated carbocycles. The molecule has 2 aromatic carbocycles. The molecule has 7 heteroatoms. The van der Waals surface area contributed by atoms with Crippen LogP contribution in [-0.2, 0) is 6.54 Å². The lowest BCUT2D eigenvalue weighted by molar-refractivity contribution is 0.413. The predicted molar refractivity (Wildman–Crippen MR) is 134 cm³/mol. The Balaban J connectivity index is 1.38. The van der Waals surface area contributed by atoms with E-state index in [9.17, 15) is 0 Å². The molecule has 5 rings (SSSR count). The van der Waals surface area contributed by atoms with Crippen LogP contribution in [0.3, 0.4) is 0 Å².